The number of methoxy groups -OCH3 is 1. The molecule has 0 aliphatic heterocycles. The maximum Gasteiger partial charge on any atom is 0.360 e. The lowest BCUT2D eigenvalue weighted by Gasteiger charge is -2.10. The van der Waals surface area contributed by atoms with E-state index < -0.39 is 23.8 Å². The first-order valence-corrected chi connectivity index (χ1v) is 4.74. The van der Waals surface area contributed by atoms with Crippen LogP contribution in [0.25, 0.3) is 0 Å². The van der Waals surface area contributed by atoms with E-state index >= 15 is 0 Å². The number of carbonyl (C=O) groups is 1. The summed E-state index contributed by atoms with van der Waals surface area (Å²) in [6.45, 7) is 1.65. The van der Waals surface area contributed by atoms with Crippen molar-refractivity contribution in [3.63, 3.8) is 0 Å². The van der Waals surface area contributed by atoms with Gasteiger partial charge in [-0.2, -0.15) is 0 Å². The van der Waals surface area contributed by atoms with E-state index in [9.17, 15) is 18.7 Å². The molecule has 17 heavy (non-hydrogen) atoms. The van der Waals surface area contributed by atoms with Crippen molar-refractivity contribution in [2.24, 2.45) is 0 Å². The third kappa shape index (κ3) is 2.80. The third-order valence-electron chi connectivity index (χ3n) is 1.89. The van der Waals surface area contributed by atoms with Gasteiger partial charge in [0, 0.05) is 6.07 Å². The Balaban J connectivity index is 3.26. The topological polar surface area (TPSA) is 68.7 Å². The van der Waals surface area contributed by atoms with Crippen molar-refractivity contribution >= 4 is 5.97 Å². The molecule has 1 aromatic rings. The van der Waals surface area contributed by atoms with E-state index in [4.69, 9.17) is 4.74 Å². The number of alkyl halides is 2. The second kappa shape index (κ2) is 5.42. The van der Waals surface area contributed by atoms with Crippen molar-refractivity contribution in [2.45, 2.75) is 13.3 Å². The first-order chi connectivity index (χ1) is 8.01. The molecule has 0 amide bonds. The number of hydrogen-bond donors (Lipinski definition) is 1. The zero-order chi connectivity index (χ0) is 13.0. The van der Waals surface area contributed by atoms with Crippen LogP contribution in [0.15, 0.2) is 6.07 Å². The Morgan fingerprint density at radius 3 is 2.71 bits per heavy atom. The minimum absolute atomic E-state index is 0.0779. The van der Waals surface area contributed by atoms with Crippen LogP contribution in [0.5, 0.6) is 11.5 Å². The van der Waals surface area contributed by atoms with Crippen molar-refractivity contribution in [1.29, 1.82) is 0 Å². The van der Waals surface area contributed by atoms with E-state index in [1.807, 2.05) is 0 Å². The fourth-order valence-corrected chi connectivity index (χ4v) is 1.16. The summed E-state index contributed by atoms with van der Waals surface area (Å²) in [5, 5.41) is 9.25. The minimum Gasteiger partial charge on any atom is -0.506 e. The molecule has 0 saturated carbocycles. The Bertz CT molecular complexity index is 423. The second-order valence-electron chi connectivity index (χ2n) is 2.96. The van der Waals surface area contributed by atoms with E-state index in [0.29, 0.717) is 0 Å². The van der Waals surface area contributed by atoms with Crippen LogP contribution in [0.4, 0.5) is 8.78 Å². The van der Waals surface area contributed by atoms with Crippen LogP contribution in [-0.2, 0) is 4.74 Å². The van der Waals surface area contributed by atoms with Gasteiger partial charge in [-0.15, -0.1) is 0 Å². The Morgan fingerprint density at radius 1 is 1.59 bits per heavy atom. The van der Waals surface area contributed by atoms with Crippen molar-refractivity contribution in [1.82, 2.24) is 4.98 Å². The Morgan fingerprint density at radius 2 is 2.24 bits per heavy atom. The van der Waals surface area contributed by atoms with Crippen molar-refractivity contribution in [2.75, 3.05) is 13.7 Å². The highest BCUT2D eigenvalue weighted by Crippen LogP contribution is 2.31. The molecule has 1 aromatic heterocycles. The average molecular weight is 247 g/mol. The van der Waals surface area contributed by atoms with Gasteiger partial charge in [-0.05, 0) is 6.92 Å². The summed E-state index contributed by atoms with van der Waals surface area (Å²) in [6.07, 6.45) is -2.99. The summed E-state index contributed by atoms with van der Waals surface area (Å²) < 4.78 is 34.4. The molecule has 94 valence electrons. The highest BCUT2D eigenvalue weighted by Gasteiger charge is 2.23. The van der Waals surface area contributed by atoms with E-state index in [1.54, 1.807) is 6.92 Å². The molecule has 7 heteroatoms. The van der Waals surface area contributed by atoms with E-state index in [1.165, 1.54) is 7.11 Å². The van der Waals surface area contributed by atoms with Crippen molar-refractivity contribution in [3.05, 3.63) is 17.5 Å². The maximum absolute atomic E-state index is 12.5. The van der Waals surface area contributed by atoms with Gasteiger partial charge in [0.25, 0.3) is 6.43 Å². The Labute approximate surface area is 96.0 Å². The highest BCUT2D eigenvalue weighted by atomic mass is 19.3. The lowest BCUT2D eigenvalue weighted by molar-refractivity contribution is 0.0513. The largest absolute Gasteiger partial charge is 0.506 e. The molecule has 0 aliphatic rings. The van der Waals surface area contributed by atoms with Crippen LogP contribution in [0.3, 0.4) is 0 Å². The van der Waals surface area contributed by atoms with Gasteiger partial charge in [0.2, 0.25) is 0 Å². The first kappa shape index (κ1) is 13.1. The minimum atomic E-state index is -2.99. The summed E-state index contributed by atoms with van der Waals surface area (Å²) in [7, 11) is 1.22. The number of nitrogens with zero attached hydrogens (tertiary/aromatic N) is 1. The SMILES string of the molecule is CCOC(=O)c1nc(C(F)F)c(O)cc1OC. The third-order valence-corrected chi connectivity index (χ3v) is 1.89. The highest BCUT2D eigenvalue weighted by molar-refractivity contribution is 5.90. The maximum atomic E-state index is 12.5. The van der Waals surface area contributed by atoms with Crippen molar-refractivity contribution < 1.29 is 28.2 Å². The van der Waals surface area contributed by atoms with Gasteiger partial charge in [0.15, 0.2) is 11.4 Å². The zero-order valence-electron chi connectivity index (χ0n) is 9.24. The monoisotopic (exact) mass is 247 g/mol. The van der Waals surface area contributed by atoms with Gasteiger partial charge < -0.3 is 14.6 Å². The van der Waals surface area contributed by atoms with Crippen LogP contribution < -0.4 is 4.74 Å². The molecule has 0 unspecified atom stereocenters. The smallest absolute Gasteiger partial charge is 0.360 e. The summed E-state index contributed by atoms with van der Waals surface area (Å²) >= 11 is 0. The molecule has 0 aromatic carbocycles. The van der Waals surface area contributed by atoms with Crippen LogP contribution >= 0.6 is 0 Å². The number of aromatic nitrogens is 1. The normalized spacial score (nSPS) is 10.4. The Kier molecular flexibility index (Phi) is 4.19. The number of esters is 1. The van der Waals surface area contributed by atoms with E-state index in [2.05, 4.69) is 9.72 Å². The van der Waals surface area contributed by atoms with E-state index in [-0.39, 0.29) is 18.1 Å². The van der Waals surface area contributed by atoms with Crippen LogP contribution in [0.2, 0.25) is 0 Å². The van der Waals surface area contributed by atoms with Gasteiger partial charge >= 0.3 is 5.97 Å². The number of ether oxygens (including phenoxy) is 2. The van der Waals surface area contributed by atoms with E-state index in [0.717, 1.165) is 6.07 Å². The molecule has 1 heterocycles. The summed E-state index contributed by atoms with van der Waals surface area (Å²) in [5.74, 6) is -1.73. The molecule has 0 radical (unpaired) electrons. The van der Waals surface area contributed by atoms with Crippen molar-refractivity contribution in [3.8, 4) is 11.5 Å². The standard InChI is InChI=1S/C10H11F2NO4/c1-3-17-10(15)8-6(16-2)4-5(14)7(13-8)9(11)12/h4,9,14H,3H2,1-2H3. The average Bonchev–Trinajstić information content (AvgIpc) is 2.28. The molecule has 5 nitrogen and oxygen atoms in total. The lowest BCUT2D eigenvalue weighted by Crippen LogP contribution is -2.11. The fourth-order valence-electron chi connectivity index (χ4n) is 1.16. The molecule has 0 aliphatic carbocycles. The summed E-state index contributed by atoms with van der Waals surface area (Å²) in [4.78, 5) is 14.8. The van der Waals surface area contributed by atoms with Crippen LogP contribution in [0, 0.1) is 0 Å². The van der Waals surface area contributed by atoms with Gasteiger partial charge in [0.05, 0.1) is 13.7 Å². The quantitative estimate of drug-likeness (QED) is 0.823. The lowest BCUT2D eigenvalue weighted by atomic mass is 10.2. The molecular weight excluding hydrogens is 236 g/mol. The molecule has 0 atom stereocenters. The fraction of sp³-hybridized carbons (Fsp3) is 0.400. The number of aromatic hydroxyl groups is 1. The number of hydrogen-bond acceptors (Lipinski definition) is 5. The molecule has 0 spiro atoms. The van der Waals surface area contributed by atoms with Gasteiger partial charge in [-0.3, -0.25) is 0 Å². The number of carbonyl (C=O) groups excluding carboxylic acids is 1. The Hall–Kier alpha value is -1.92. The molecule has 1 rings (SSSR count). The van der Waals surface area contributed by atoms with Gasteiger partial charge in [0.1, 0.15) is 11.4 Å². The summed E-state index contributed by atoms with van der Waals surface area (Å²) in [5.41, 5.74) is -1.27. The first-order valence-electron chi connectivity index (χ1n) is 4.74. The molecule has 0 saturated heterocycles. The molecular formula is C10H11F2NO4. The number of halogens is 2. The molecule has 0 bridgehead atoms. The molecule has 1 N–H and O–H groups in total. The zero-order valence-corrected chi connectivity index (χ0v) is 9.24. The van der Waals surface area contributed by atoms with Gasteiger partial charge in [-0.25, -0.2) is 18.6 Å². The second-order valence-corrected chi connectivity index (χ2v) is 2.96. The predicted molar refractivity (Wildman–Crippen MR) is 53.4 cm³/mol. The van der Waals surface area contributed by atoms with Crippen LogP contribution in [0.1, 0.15) is 29.5 Å². The van der Waals surface area contributed by atoms with Crippen LogP contribution in [-0.4, -0.2) is 29.8 Å². The predicted octanol–water partition coefficient (Wildman–Crippen LogP) is 1.91. The molecule has 0 fully saturated rings. The summed E-state index contributed by atoms with van der Waals surface area (Å²) in [6, 6.07) is 0.904. The number of rotatable bonds is 4. The number of pyridine rings is 1. The van der Waals surface area contributed by atoms with Gasteiger partial charge in [-0.1, -0.05) is 0 Å².